The highest BCUT2D eigenvalue weighted by molar-refractivity contribution is 6.30. The molecule has 0 aromatic heterocycles. The highest BCUT2D eigenvalue weighted by Crippen LogP contribution is 2.26. The molecule has 0 bridgehead atoms. The minimum Gasteiger partial charge on any atom is -0.496 e. The summed E-state index contributed by atoms with van der Waals surface area (Å²) in [5.74, 6) is 0.875. The molecule has 0 aliphatic carbocycles. The van der Waals surface area contributed by atoms with Gasteiger partial charge in [0.2, 0.25) is 0 Å². The first kappa shape index (κ1) is 17.0. The van der Waals surface area contributed by atoms with Gasteiger partial charge in [0.1, 0.15) is 5.75 Å². The summed E-state index contributed by atoms with van der Waals surface area (Å²) in [6.45, 7) is 9.78. The highest BCUT2D eigenvalue weighted by Gasteiger charge is 2.32. The van der Waals surface area contributed by atoms with Crippen molar-refractivity contribution in [3.63, 3.8) is 0 Å². The van der Waals surface area contributed by atoms with Gasteiger partial charge in [-0.2, -0.15) is 0 Å². The van der Waals surface area contributed by atoms with Crippen LogP contribution in [0.4, 0.5) is 0 Å². The van der Waals surface area contributed by atoms with E-state index < -0.39 is 5.54 Å². The summed E-state index contributed by atoms with van der Waals surface area (Å²) in [6, 6.07) is 5.37. The third-order valence-corrected chi connectivity index (χ3v) is 4.06. The molecule has 1 aromatic rings. The monoisotopic (exact) mass is 297 g/mol. The normalized spacial score (nSPS) is 11.8. The predicted octanol–water partition coefficient (Wildman–Crippen LogP) is 3.58. The van der Waals surface area contributed by atoms with Gasteiger partial charge in [-0.05, 0) is 45.1 Å². The van der Waals surface area contributed by atoms with Gasteiger partial charge in [0.25, 0.3) is 0 Å². The van der Waals surface area contributed by atoms with Crippen molar-refractivity contribution >= 4 is 17.4 Å². The van der Waals surface area contributed by atoms with E-state index in [0.29, 0.717) is 17.2 Å². The smallest absolute Gasteiger partial charge is 0.157 e. The van der Waals surface area contributed by atoms with Gasteiger partial charge in [0, 0.05) is 17.0 Å². The summed E-state index contributed by atoms with van der Waals surface area (Å²) < 4.78 is 5.30. The van der Waals surface area contributed by atoms with Gasteiger partial charge in [0.05, 0.1) is 12.6 Å². The molecule has 0 radical (unpaired) electrons. The number of methoxy groups -OCH3 is 1. The predicted molar refractivity (Wildman–Crippen MR) is 83.7 cm³/mol. The molecule has 0 heterocycles. The molecule has 20 heavy (non-hydrogen) atoms. The molecule has 1 aromatic carbocycles. The number of ether oxygens (including phenoxy) is 1. The maximum Gasteiger partial charge on any atom is 0.157 e. The van der Waals surface area contributed by atoms with Gasteiger partial charge in [0.15, 0.2) is 5.78 Å². The molecule has 3 nitrogen and oxygen atoms in total. The van der Waals surface area contributed by atoms with E-state index in [0.717, 1.165) is 18.7 Å². The lowest BCUT2D eigenvalue weighted by Crippen LogP contribution is -2.50. The summed E-state index contributed by atoms with van der Waals surface area (Å²) in [5, 5.41) is 0.620. The third kappa shape index (κ3) is 3.74. The molecule has 0 unspecified atom stereocenters. The van der Waals surface area contributed by atoms with E-state index in [4.69, 9.17) is 16.3 Å². The van der Waals surface area contributed by atoms with Gasteiger partial charge < -0.3 is 4.74 Å². The molecular formula is C16H24ClNO2. The second-order valence-electron chi connectivity index (χ2n) is 5.29. The largest absolute Gasteiger partial charge is 0.496 e. The van der Waals surface area contributed by atoms with Gasteiger partial charge in [-0.1, -0.05) is 25.4 Å². The molecule has 0 aliphatic heterocycles. The molecule has 0 amide bonds. The number of ketones is 1. The number of carbonyl (C=O) groups excluding carboxylic acids is 1. The summed E-state index contributed by atoms with van der Waals surface area (Å²) in [5.41, 5.74) is 0.349. The van der Waals surface area contributed by atoms with E-state index in [9.17, 15) is 4.79 Å². The Kier molecular flexibility index (Phi) is 6.03. The molecule has 0 saturated carbocycles. The number of carbonyl (C=O) groups is 1. The number of hydrogen-bond acceptors (Lipinski definition) is 3. The molecule has 1 rings (SSSR count). The van der Waals surface area contributed by atoms with E-state index in [-0.39, 0.29) is 5.78 Å². The number of halogens is 1. The van der Waals surface area contributed by atoms with Gasteiger partial charge in [-0.3, -0.25) is 9.69 Å². The Morgan fingerprint density at radius 3 is 2.40 bits per heavy atom. The van der Waals surface area contributed by atoms with Crippen molar-refractivity contribution in [2.45, 2.75) is 39.7 Å². The van der Waals surface area contributed by atoms with Crippen LogP contribution < -0.4 is 4.74 Å². The maximum absolute atomic E-state index is 12.6. The fraction of sp³-hybridized carbons (Fsp3) is 0.562. The summed E-state index contributed by atoms with van der Waals surface area (Å²) in [6.07, 6.45) is 0.327. The first-order valence-electron chi connectivity index (χ1n) is 6.97. The molecular weight excluding hydrogens is 274 g/mol. The summed E-state index contributed by atoms with van der Waals surface area (Å²) >= 11 is 6.01. The first-order valence-corrected chi connectivity index (χ1v) is 7.35. The fourth-order valence-corrected chi connectivity index (χ4v) is 2.66. The van der Waals surface area contributed by atoms with Crippen LogP contribution in [0.2, 0.25) is 5.02 Å². The maximum atomic E-state index is 12.6. The van der Waals surface area contributed by atoms with Crippen LogP contribution in [0.3, 0.4) is 0 Å². The Balaban J connectivity index is 2.98. The number of rotatable bonds is 7. The van der Waals surface area contributed by atoms with Crippen molar-refractivity contribution in [1.82, 2.24) is 4.90 Å². The van der Waals surface area contributed by atoms with Crippen LogP contribution in [0.5, 0.6) is 5.75 Å². The average molecular weight is 298 g/mol. The number of hydrogen-bond donors (Lipinski definition) is 0. The van der Waals surface area contributed by atoms with Crippen molar-refractivity contribution in [1.29, 1.82) is 0 Å². The van der Waals surface area contributed by atoms with E-state index in [1.807, 2.05) is 13.8 Å². The van der Waals surface area contributed by atoms with Crippen molar-refractivity contribution in [3.8, 4) is 5.75 Å². The Bertz CT molecular complexity index is 468. The first-order chi connectivity index (χ1) is 9.36. The Labute approximate surface area is 126 Å². The van der Waals surface area contributed by atoms with Crippen LogP contribution in [-0.4, -0.2) is 36.4 Å². The topological polar surface area (TPSA) is 29.5 Å². The third-order valence-electron chi connectivity index (χ3n) is 3.83. The van der Waals surface area contributed by atoms with Crippen LogP contribution in [0.25, 0.3) is 0 Å². The quantitative estimate of drug-likeness (QED) is 0.770. The summed E-state index contributed by atoms with van der Waals surface area (Å²) in [4.78, 5) is 14.8. The van der Waals surface area contributed by atoms with Crippen LogP contribution in [-0.2, 0) is 11.2 Å². The standard InChI is InChI=1S/C16H24ClNO2/c1-6-18(7-2)16(3,4)15(19)11-12-10-13(17)8-9-14(12)20-5/h8-10H,6-7,11H2,1-5H3. The summed E-state index contributed by atoms with van der Waals surface area (Å²) in [7, 11) is 1.60. The van der Waals surface area contributed by atoms with Crippen LogP contribution in [0.1, 0.15) is 33.3 Å². The molecule has 112 valence electrons. The lowest BCUT2D eigenvalue weighted by Gasteiger charge is -2.36. The highest BCUT2D eigenvalue weighted by atomic mass is 35.5. The van der Waals surface area contributed by atoms with E-state index in [1.165, 1.54) is 0 Å². The zero-order chi connectivity index (χ0) is 15.3. The average Bonchev–Trinajstić information content (AvgIpc) is 2.40. The molecule has 0 aliphatic rings. The van der Waals surface area contributed by atoms with Crippen LogP contribution in [0, 0.1) is 0 Å². The SMILES string of the molecule is CCN(CC)C(C)(C)C(=O)Cc1cc(Cl)ccc1OC. The Morgan fingerprint density at radius 2 is 1.90 bits per heavy atom. The lowest BCUT2D eigenvalue weighted by atomic mass is 9.91. The van der Waals surface area contributed by atoms with Gasteiger partial charge in [-0.25, -0.2) is 0 Å². The molecule has 0 saturated heterocycles. The van der Waals surface area contributed by atoms with Gasteiger partial charge in [-0.15, -0.1) is 0 Å². The van der Waals surface area contributed by atoms with Crippen LogP contribution >= 0.6 is 11.6 Å². The van der Waals surface area contributed by atoms with Gasteiger partial charge >= 0.3 is 0 Å². The van der Waals surface area contributed by atoms with Crippen molar-refractivity contribution < 1.29 is 9.53 Å². The fourth-order valence-electron chi connectivity index (χ4n) is 2.47. The minimum absolute atomic E-state index is 0.168. The van der Waals surface area contributed by atoms with Crippen molar-refractivity contribution in [2.24, 2.45) is 0 Å². The number of likely N-dealkylation sites (N-methyl/N-ethyl adjacent to an activating group) is 1. The van der Waals surface area contributed by atoms with Crippen LogP contribution in [0.15, 0.2) is 18.2 Å². The molecule has 4 heteroatoms. The molecule has 0 fully saturated rings. The minimum atomic E-state index is -0.489. The van der Waals surface area contributed by atoms with E-state index in [1.54, 1.807) is 25.3 Å². The second kappa shape index (κ2) is 7.09. The molecule has 0 atom stereocenters. The van der Waals surface area contributed by atoms with Crippen molar-refractivity contribution in [3.05, 3.63) is 28.8 Å². The van der Waals surface area contributed by atoms with E-state index >= 15 is 0 Å². The zero-order valence-electron chi connectivity index (χ0n) is 13.0. The van der Waals surface area contributed by atoms with E-state index in [2.05, 4.69) is 18.7 Å². The number of benzene rings is 1. The lowest BCUT2D eigenvalue weighted by molar-refractivity contribution is -0.128. The molecule has 0 spiro atoms. The zero-order valence-corrected chi connectivity index (χ0v) is 13.8. The number of nitrogens with zero attached hydrogens (tertiary/aromatic N) is 1. The second-order valence-corrected chi connectivity index (χ2v) is 5.72. The number of Topliss-reactive ketones (excluding diaryl/α,β-unsaturated/α-hetero) is 1. The molecule has 0 N–H and O–H groups in total. The Morgan fingerprint density at radius 1 is 1.30 bits per heavy atom. The van der Waals surface area contributed by atoms with Crippen molar-refractivity contribution in [2.75, 3.05) is 20.2 Å². The Hall–Kier alpha value is -1.06.